The van der Waals surface area contributed by atoms with E-state index in [-0.39, 0.29) is 30.3 Å². The summed E-state index contributed by atoms with van der Waals surface area (Å²) in [7, 11) is 1.14. The molecule has 9 heteroatoms. The number of pyridine rings is 1. The number of fused-ring (bicyclic) bond motifs is 1. The Morgan fingerprint density at radius 1 is 1.27 bits per heavy atom. The summed E-state index contributed by atoms with van der Waals surface area (Å²) in [5.41, 5.74) is 2.80. The average Bonchev–Trinajstić information content (AvgIpc) is 3.04. The standard InChI is InChI=1S/C24H29F3N4O2/c1-23(2)17-7-5-4-6-15(17)12-20(23)30-16-8-9-18(29-13-16)21(24(25,26)27)31(3)22(32)19-14-28-10-11-33-19/h4-9,13,19-21,28,30H,10-12,14H2,1-3H3/t19?,20?,21-/m0/s1. The summed E-state index contributed by atoms with van der Waals surface area (Å²) in [5, 5.41) is 6.40. The molecule has 3 atom stereocenters. The topological polar surface area (TPSA) is 66.5 Å². The third-order valence-corrected chi connectivity index (χ3v) is 6.66. The first-order valence-electron chi connectivity index (χ1n) is 11.1. The summed E-state index contributed by atoms with van der Waals surface area (Å²) < 4.78 is 47.2. The molecule has 1 aliphatic heterocycles. The van der Waals surface area contributed by atoms with E-state index in [1.165, 1.54) is 23.4 Å². The van der Waals surface area contributed by atoms with Crippen LogP contribution in [0.4, 0.5) is 18.9 Å². The van der Waals surface area contributed by atoms with Gasteiger partial charge in [0.05, 0.1) is 24.2 Å². The lowest BCUT2D eigenvalue weighted by molar-refractivity contribution is -0.194. The predicted molar refractivity (Wildman–Crippen MR) is 119 cm³/mol. The van der Waals surface area contributed by atoms with E-state index in [1.807, 2.05) is 12.1 Å². The Morgan fingerprint density at radius 2 is 2.03 bits per heavy atom. The number of benzene rings is 1. The first kappa shape index (κ1) is 23.5. The average molecular weight is 463 g/mol. The van der Waals surface area contributed by atoms with Crippen LogP contribution in [0, 0.1) is 0 Å². The van der Waals surface area contributed by atoms with E-state index < -0.39 is 24.2 Å². The molecule has 2 aromatic rings. The first-order chi connectivity index (χ1) is 15.6. The van der Waals surface area contributed by atoms with Crippen LogP contribution in [0.15, 0.2) is 42.6 Å². The number of ether oxygens (including phenoxy) is 1. The van der Waals surface area contributed by atoms with Gasteiger partial charge in [0, 0.05) is 31.6 Å². The van der Waals surface area contributed by atoms with Crippen molar-refractivity contribution < 1.29 is 22.7 Å². The van der Waals surface area contributed by atoms with E-state index in [1.54, 1.807) is 6.07 Å². The number of morpholine rings is 1. The van der Waals surface area contributed by atoms with Gasteiger partial charge in [-0.2, -0.15) is 13.2 Å². The van der Waals surface area contributed by atoms with Crippen molar-refractivity contribution in [3.63, 3.8) is 0 Å². The van der Waals surface area contributed by atoms with Crippen LogP contribution < -0.4 is 10.6 Å². The van der Waals surface area contributed by atoms with Crippen molar-refractivity contribution in [1.29, 1.82) is 0 Å². The zero-order valence-electron chi connectivity index (χ0n) is 18.9. The zero-order chi connectivity index (χ0) is 23.8. The fourth-order valence-corrected chi connectivity index (χ4v) is 4.74. The fraction of sp³-hybridized carbons (Fsp3) is 0.500. The molecule has 178 valence electrons. The quantitative estimate of drug-likeness (QED) is 0.713. The van der Waals surface area contributed by atoms with Crippen molar-refractivity contribution in [2.45, 2.75) is 50.0 Å². The number of nitrogens with zero attached hydrogens (tertiary/aromatic N) is 2. The van der Waals surface area contributed by atoms with Crippen molar-refractivity contribution in [2.24, 2.45) is 0 Å². The van der Waals surface area contributed by atoms with Gasteiger partial charge >= 0.3 is 6.18 Å². The maximum Gasteiger partial charge on any atom is 0.414 e. The van der Waals surface area contributed by atoms with Crippen LogP contribution in [0.3, 0.4) is 0 Å². The van der Waals surface area contributed by atoms with E-state index in [2.05, 4.69) is 41.6 Å². The smallest absolute Gasteiger partial charge is 0.380 e. The van der Waals surface area contributed by atoms with Gasteiger partial charge in [0.1, 0.15) is 6.10 Å². The zero-order valence-corrected chi connectivity index (χ0v) is 18.9. The highest BCUT2D eigenvalue weighted by Crippen LogP contribution is 2.40. The summed E-state index contributed by atoms with van der Waals surface area (Å²) in [6.07, 6.45) is -3.39. The molecule has 0 radical (unpaired) electrons. The molecule has 4 rings (SSSR count). The van der Waals surface area contributed by atoms with Gasteiger partial charge in [-0.3, -0.25) is 9.78 Å². The monoisotopic (exact) mass is 462 g/mol. The van der Waals surface area contributed by atoms with Crippen LogP contribution in [0.25, 0.3) is 0 Å². The molecule has 2 heterocycles. The summed E-state index contributed by atoms with van der Waals surface area (Å²) in [6, 6.07) is 9.10. The first-order valence-corrected chi connectivity index (χ1v) is 11.1. The Morgan fingerprint density at radius 3 is 2.64 bits per heavy atom. The normalized spacial score (nSPS) is 23.0. The van der Waals surface area contributed by atoms with Gasteiger partial charge < -0.3 is 20.3 Å². The largest absolute Gasteiger partial charge is 0.414 e. The van der Waals surface area contributed by atoms with Crippen LogP contribution in [0.2, 0.25) is 0 Å². The number of nitrogens with one attached hydrogen (secondary N) is 2. The Hall–Kier alpha value is -2.65. The third-order valence-electron chi connectivity index (χ3n) is 6.66. The minimum absolute atomic E-state index is 0.0844. The van der Waals surface area contributed by atoms with Crippen molar-refractivity contribution >= 4 is 11.6 Å². The lowest BCUT2D eigenvalue weighted by Crippen LogP contribution is -2.51. The highest BCUT2D eigenvalue weighted by Gasteiger charge is 2.47. The minimum Gasteiger partial charge on any atom is -0.380 e. The summed E-state index contributed by atoms with van der Waals surface area (Å²) in [5.74, 6) is -0.723. The van der Waals surface area contributed by atoms with E-state index in [0.717, 1.165) is 13.5 Å². The molecule has 1 aromatic heterocycles. The highest BCUT2D eigenvalue weighted by molar-refractivity contribution is 5.81. The van der Waals surface area contributed by atoms with Crippen LogP contribution >= 0.6 is 0 Å². The van der Waals surface area contributed by atoms with Crippen molar-refractivity contribution in [1.82, 2.24) is 15.2 Å². The van der Waals surface area contributed by atoms with Gasteiger partial charge in [0.2, 0.25) is 0 Å². The second-order valence-electron chi connectivity index (χ2n) is 9.21. The van der Waals surface area contributed by atoms with Crippen LogP contribution in [0.5, 0.6) is 0 Å². The van der Waals surface area contributed by atoms with Gasteiger partial charge in [-0.1, -0.05) is 38.1 Å². The molecule has 1 amide bonds. The molecule has 0 bridgehead atoms. The summed E-state index contributed by atoms with van der Waals surface area (Å²) in [6.45, 7) is 5.33. The van der Waals surface area contributed by atoms with Gasteiger partial charge in [0.15, 0.2) is 6.04 Å². The maximum absolute atomic E-state index is 14.0. The van der Waals surface area contributed by atoms with Crippen molar-refractivity contribution in [2.75, 3.05) is 32.1 Å². The molecule has 2 unspecified atom stereocenters. The number of rotatable bonds is 5. The lowest BCUT2D eigenvalue weighted by Gasteiger charge is -2.33. The Kier molecular flexibility index (Phi) is 6.37. The molecular weight excluding hydrogens is 433 g/mol. The number of aromatic nitrogens is 1. The maximum atomic E-state index is 14.0. The van der Waals surface area contributed by atoms with E-state index in [4.69, 9.17) is 4.74 Å². The minimum atomic E-state index is -4.68. The highest BCUT2D eigenvalue weighted by atomic mass is 19.4. The van der Waals surface area contributed by atoms with E-state index in [0.29, 0.717) is 17.1 Å². The van der Waals surface area contributed by atoms with Crippen molar-refractivity contribution in [3.8, 4) is 0 Å². The number of carbonyl (C=O) groups is 1. The molecule has 6 nitrogen and oxygen atoms in total. The van der Waals surface area contributed by atoms with Gasteiger partial charge in [-0.05, 0) is 29.7 Å². The molecule has 1 aromatic carbocycles. The second kappa shape index (κ2) is 8.95. The lowest BCUT2D eigenvalue weighted by atomic mass is 9.83. The van der Waals surface area contributed by atoms with Crippen molar-refractivity contribution in [3.05, 3.63) is 59.4 Å². The number of carbonyl (C=O) groups excluding carboxylic acids is 1. The number of hydrogen-bond donors (Lipinski definition) is 2. The van der Waals surface area contributed by atoms with Gasteiger partial charge in [-0.25, -0.2) is 0 Å². The molecule has 2 aliphatic rings. The SMILES string of the molecule is CN(C(=O)C1CNCCO1)[C@@H](c1ccc(NC2Cc3ccccc3C2(C)C)cn1)C(F)(F)F. The number of hydrogen-bond acceptors (Lipinski definition) is 5. The molecule has 0 saturated carbocycles. The van der Waals surface area contributed by atoms with E-state index >= 15 is 0 Å². The van der Waals surface area contributed by atoms with Crippen LogP contribution in [-0.2, 0) is 21.4 Å². The van der Waals surface area contributed by atoms with Gasteiger partial charge in [0.25, 0.3) is 5.91 Å². The Labute approximate surface area is 191 Å². The van der Waals surface area contributed by atoms with Gasteiger partial charge in [-0.15, -0.1) is 0 Å². The molecule has 1 fully saturated rings. The number of likely N-dealkylation sites (N-methyl/N-ethyl adjacent to an activating group) is 1. The number of halogens is 3. The Bertz CT molecular complexity index is 988. The Balaban J connectivity index is 1.51. The van der Waals surface area contributed by atoms with Crippen LogP contribution in [0.1, 0.15) is 36.7 Å². The number of amides is 1. The second-order valence-corrected chi connectivity index (χ2v) is 9.21. The third kappa shape index (κ3) is 4.70. The fourth-order valence-electron chi connectivity index (χ4n) is 4.74. The number of anilines is 1. The summed E-state index contributed by atoms with van der Waals surface area (Å²) in [4.78, 5) is 17.4. The van der Waals surface area contributed by atoms with E-state index in [9.17, 15) is 18.0 Å². The predicted octanol–water partition coefficient (Wildman–Crippen LogP) is 3.45. The molecule has 1 saturated heterocycles. The van der Waals surface area contributed by atoms with Crippen LogP contribution in [-0.4, -0.2) is 60.9 Å². The molecule has 33 heavy (non-hydrogen) atoms. The number of alkyl halides is 3. The molecule has 2 N–H and O–H groups in total. The molecular formula is C24H29F3N4O2. The molecule has 1 aliphatic carbocycles. The molecule has 0 spiro atoms. The summed E-state index contributed by atoms with van der Waals surface area (Å²) >= 11 is 0.